The lowest BCUT2D eigenvalue weighted by Crippen LogP contribution is -2.46. The van der Waals surface area contributed by atoms with Gasteiger partial charge in [-0.2, -0.15) is 0 Å². The lowest BCUT2D eigenvalue weighted by Gasteiger charge is -2.33. The molecule has 0 saturated heterocycles. The lowest BCUT2D eigenvalue weighted by molar-refractivity contribution is -0.143. The third-order valence-corrected chi connectivity index (χ3v) is 5.43. The summed E-state index contributed by atoms with van der Waals surface area (Å²) >= 11 is 1.36. The SMILES string of the molecule is CC1=C(C(=O)OC(C)C)[C@H](c2ccc(NC(=O)c3cccs3)cc2)NC(=O)N1C. The largest absolute Gasteiger partial charge is 0.459 e. The summed E-state index contributed by atoms with van der Waals surface area (Å²) in [6.45, 7) is 5.27. The summed E-state index contributed by atoms with van der Waals surface area (Å²) in [5.74, 6) is -0.651. The first-order valence-corrected chi connectivity index (χ1v) is 10.1. The van der Waals surface area contributed by atoms with Crippen molar-refractivity contribution in [2.24, 2.45) is 0 Å². The molecule has 0 unspecified atom stereocenters. The van der Waals surface area contributed by atoms with Crippen LogP contribution in [0.5, 0.6) is 0 Å². The van der Waals surface area contributed by atoms with Gasteiger partial charge in [0.1, 0.15) is 0 Å². The van der Waals surface area contributed by atoms with Crippen LogP contribution in [0, 0.1) is 0 Å². The van der Waals surface area contributed by atoms with E-state index in [1.807, 2.05) is 11.4 Å². The number of anilines is 1. The number of benzene rings is 1. The Morgan fingerprint density at radius 3 is 2.48 bits per heavy atom. The molecular weight excluding hydrogens is 390 g/mol. The van der Waals surface area contributed by atoms with Crippen LogP contribution in [-0.4, -0.2) is 36.0 Å². The molecule has 1 aliphatic rings. The second kappa shape index (κ2) is 8.48. The number of urea groups is 1. The summed E-state index contributed by atoms with van der Waals surface area (Å²) in [7, 11) is 1.60. The number of allylic oxidation sites excluding steroid dienone is 1. The topological polar surface area (TPSA) is 87.7 Å². The number of thiophene rings is 1. The van der Waals surface area contributed by atoms with Crippen LogP contribution in [0.1, 0.15) is 42.0 Å². The molecule has 7 nitrogen and oxygen atoms in total. The van der Waals surface area contributed by atoms with Gasteiger partial charge >= 0.3 is 12.0 Å². The summed E-state index contributed by atoms with van der Waals surface area (Å²) in [4.78, 5) is 39.2. The van der Waals surface area contributed by atoms with Crippen LogP contribution < -0.4 is 10.6 Å². The number of rotatable bonds is 5. The maximum atomic E-state index is 12.7. The van der Waals surface area contributed by atoms with Gasteiger partial charge in [0, 0.05) is 18.4 Å². The van der Waals surface area contributed by atoms with Crippen molar-refractivity contribution >= 4 is 34.9 Å². The molecule has 2 aromatic rings. The van der Waals surface area contributed by atoms with Crippen LogP contribution in [0.3, 0.4) is 0 Å². The molecule has 1 aromatic heterocycles. The molecule has 152 valence electrons. The van der Waals surface area contributed by atoms with E-state index in [-0.39, 0.29) is 18.0 Å². The number of hydrogen-bond acceptors (Lipinski definition) is 5. The molecule has 2 N–H and O–H groups in total. The Balaban J connectivity index is 1.86. The number of nitrogens with zero attached hydrogens (tertiary/aromatic N) is 1. The highest BCUT2D eigenvalue weighted by Gasteiger charge is 2.35. The molecule has 29 heavy (non-hydrogen) atoms. The Hall–Kier alpha value is -3.13. The van der Waals surface area contributed by atoms with Crippen LogP contribution in [-0.2, 0) is 9.53 Å². The molecule has 3 amide bonds. The molecule has 2 heterocycles. The average Bonchev–Trinajstić information content (AvgIpc) is 3.20. The summed E-state index contributed by atoms with van der Waals surface area (Å²) in [6, 6.07) is 9.67. The maximum Gasteiger partial charge on any atom is 0.338 e. The highest BCUT2D eigenvalue weighted by atomic mass is 32.1. The molecule has 0 bridgehead atoms. The molecular formula is C21H23N3O4S. The van der Waals surface area contributed by atoms with Crippen molar-refractivity contribution in [3.8, 4) is 0 Å². The van der Waals surface area contributed by atoms with E-state index in [1.54, 1.807) is 58.2 Å². The van der Waals surface area contributed by atoms with Crippen LogP contribution in [0.4, 0.5) is 10.5 Å². The van der Waals surface area contributed by atoms with Gasteiger partial charge in [0.05, 0.1) is 22.6 Å². The summed E-state index contributed by atoms with van der Waals surface area (Å²) < 4.78 is 5.38. The molecule has 0 radical (unpaired) electrons. The standard InChI is InChI=1S/C21H23N3O4S/c1-12(2)28-20(26)17-13(3)24(4)21(27)23-18(17)14-7-9-15(10-8-14)22-19(25)16-6-5-11-29-16/h5-12,18H,1-4H3,(H,22,25)(H,23,27)/t18-/m0/s1. The van der Waals surface area contributed by atoms with Crippen molar-refractivity contribution in [3.63, 3.8) is 0 Å². The monoisotopic (exact) mass is 413 g/mol. The molecule has 1 aliphatic heterocycles. The molecule has 1 aromatic carbocycles. The van der Waals surface area contributed by atoms with Crippen LogP contribution >= 0.6 is 11.3 Å². The fraction of sp³-hybridized carbons (Fsp3) is 0.286. The number of hydrogen-bond donors (Lipinski definition) is 2. The number of esters is 1. The van der Waals surface area contributed by atoms with E-state index in [2.05, 4.69) is 10.6 Å². The first kappa shape index (κ1) is 20.6. The minimum Gasteiger partial charge on any atom is -0.459 e. The molecule has 0 aliphatic carbocycles. The van der Waals surface area contributed by atoms with Gasteiger partial charge in [-0.1, -0.05) is 18.2 Å². The smallest absolute Gasteiger partial charge is 0.338 e. The summed E-state index contributed by atoms with van der Waals surface area (Å²) in [5, 5.41) is 7.51. The first-order valence-electron chi connectivity index (χ1n) is 9.18. The Morgan fingerprint density at radius 2 is 1.90 bits per heavy atom. The zero-order valence-electron chi connectivity index (χ0n) is 16.7. The van der Waals surface area contributed by atoms with Gasteiger partial charge in [-0.25, -0.2) is 9.59 Å². The predicted molar refractivity (Wildman–Crippen MR) is 112 cm³/mol. The zero-order valence-corrected chi connectivity index (χ0v) is 17.5. The Kier molecular flexibility index (Phi) is 6.03. The first-order chi connectivity index (χ1) is 13.8. The normalized spacial score (nSPS) is 16.7. The van der Waals surface area contributed by atoms with Crippen molar-refractivity contribution in [3.05, 3.63) is 63.5 Å². The Labute approximate surface area is 173 Å². The quantitative estimate of drug-likeness (QED) is 0.727. The van der Waals surface area contributed by atoms with E-state index in [4.69, 9.17) is 4.74 Å². The van der Waals surface area contributed by atoms with Gasteiger partial charge in [0.2, 0.25) is 0 Å². The van der Waals surface area contributed by atoms with Crippen molar-refractivity contribution in [2.45, 2.75) is 32.9 Å². The zero-order chi connectivity index (χ0) is 21.1. The van der Waals surface area contributed by atoms with Crippen molar-refractivity contribution in [1.82, 2.24) is 10.2 Å². The van der Waals surface area contributed by atoms with Gasteiger partial charge in [-0.3, -0.25) is 4.79 Å². The number of carbonyl (C=O) groups excluding carboxylic acids is 3. The molecule has 3 rings (SSSR count). The van der Waals surface area contributed by atoms with Crippen LogP contribution in [0.15, 0.2) is 53.0 Å². The summed E-state index contributed by atoms with van der Waals surface area (Å²) in [5.41, 5.74) is 2.27. The third kappa shape index (κ3) is 4.48. The Bertz CT molecular complexity index is 949. The van der Waals surface area contributed by atoms with E-state index >= 15 is 0 Å². The van der Waals surface area contributed by atoms with E-state index in [9.17, 15) is 14.4 Å². The van der Waals surface area contributed by atoms with Crippen LogP contribution in [0.25, 0.3) is 0 Å². The van der Waals surface area contributed by atoms with Gasteiger partial charge in [-0.15, -0.1) is 11.3 Å². The molecule has 0 spiro atoms. The number of nitrogens with one attached hydrogen (secondary N) is 2. The minimum absolute atomic E-state index is 0.183. The van der Waals surface area contributed by atoms with E-state index in [1.165, 1.54) is 16.2 Å². The molecule has 0 fully saturated rings. The van der Waals surface area contributed by atoms with E-state index in [0.29, 0.717) is 21.8 Å². The average molecular weight is 413 g/mol. The van der Waals surface area contributed by atoms with Gasteiger partial charge < -0.3 is 20.3 Å². The molecule has 1 atom stereocenters. The second-order valence-electron chi connectivity index (χ2n) is 6.95. The number of amides is 3. The molecule has 8 heteroatoms. The molecule has 0 saturated carbocycles. The fourth-order valence-corrected chi connectivity index (χ4v) is 3.61. The van der Waals surface area contributed by atoms with Crippen molar-refractivity contribution < 1.29 is 19.1 Å². The van der Waals surface area contributed by atoms with Crippen molar-refractivity contribution in [1.29, 1.82) is 0 Å². The van der Waals surface area contributed by atoms with Crippen molar-refractivity contribution in [2.75, 3.05) is 12.4 Å². The van der Waals surface area contributed by atoms with E-state index in [0.717, 1.165) is 5.56 Å². The van der Waals surface area contributed by atoms with Gasteiger partial charge in [0.25, 0.3) is 5.91 Å². The number of ether oxygens (including phenoxy) is 1. The van der Waals surface area contributed by atoms with Gasteiger partial charge in [-0.05, 0) is 49.9 Å². The third-order valence-electron chi connectivity index (χ3n) is 4.56. The second-order valence-corrected chi connectivity index (χ2v) is 7.90. The lowest BCUT2D eigenvalue weighted by atomic mass is 9.95. The van der Waals surface area contributed by atoms with Crippen LogP contribution in [0.2, 0.25) is 0 Å². The highest BCUT2D eigenvalue weighted by Crippen LogP contribution is 2.31. The van der Waals surface area contributed by atoms with Gasteiger partial charge in [0.15, 0.2) is 0 Å². The van der Waals surface area contributed by atoms with E-state index < -0.39 is 12.0 Å². The highest BCUT2D eigenvalue weighted by molar-refractivity contribution is 7.12. The maximum absolute atomic E-state index is 12.7. The minimum atomic E-state index is -0.632. The number of carbonyl (C=O) groups is 3. The fourth-order valence-electron chi connectivity index (χ4n) is 2.99. The Morgan fingerprint density at radius 1 is 1.21 bits per heavy atom. The summed E-state index contributed by atoms with van der Waals surface area (Å²) in [6.07, 6.45) is -0.277. The predicted octanol–water partition coefficient (Wildman–Crippen LogP) is 3.92.